The van der Waals surface area contributed by atoms with E-state index in [1.165, 1.54) is 6.42 Å². The lowest BCUT2D eigenvalue weighted by atomic mass is 10.3. The van der Waals surface area contributed by atoms with Crippen molar-refractivity contribution in [3.8, 4) is 0 Å². The minimum Gasteiger partial charge on any atom is -0.311 e. The second-order valence-corrected chi connectivity index (χ2v) is 5.92. The van der Waals surface area contributed by atoms with Crippen molar-refractivity contribution in [2.75, 3.05) is 0 Å². The van der Waals surface area contributed by atoms with Crippen LogP contribution < -0.4 is 0 Å². The highest BCUT2D eigenvalue weighted by Crippen LogP contribution is 2.39. The molecule has 0 spiro atoms. The van der Waals surface area contributed by atoms with Crippen molar-refractivity contribution in [1.82, 2.24) is 14.5 Å². The summed E-state index contributed by atoms with van der Waals surface area (Å²) in [4.78, 5) is 8.99. The molecule has 90 valence electrons. The average molecular weight is 315 g/mol. The Morgan fingerprint density at radius 1 is 1.59 bits per heavy atom. The Labute approximate surface area is 113 Å². The monoisotopic (exact) mass is 313 g/mol. The van der Waals surface area contributed by atoms with Crippen molar-refractivity contribution in [2.45, 2.75) is 25.8 Å². The van der Waals surface area contributed by atoms with Gasteiger partial charge in [0.2, 0.25) is 0 Å². The van der Waals surface area contributed by atoms with E-state index in [9.17, 15) is 0 Å². The number of nitrogens with zero attached hydrogens (tertiary/aromatic N) is 3. The Bertz CT molecular complexity index is 566. The molecule has 5 heteroatoms. The third-order valence-corrected chi connectivity index (χ3v) is 4.12. The maximum Gasteiger partial charge on any atom is 0.160 e. The largest absolute Gasteiger partial charge is 0.311 e. The van der Waals surface area contributed by atoms with Gasteiger partial charge in [0, 0.05) is 17.2 Å². The van der Waals surface area contributed by atoms with Gasteiger partial charge in [-0.05, 0) is 40.3 Å². The zero-order chi connectivity index (χ0) is 12.0. The van der Waals surface area contributed by atoms with Gasteiger partial charge in [0.1, 0.15) is 11.3 Å². The zero-order valence-corrected chi connectivity index (χ0v) is 11.9. The van der Waals surface area contributed by atoms with Crippen LogP contribution in [-0.4, -0.2) is 14.5 Å². The molecule has 0 amide bonds. The Hall–Kier alpha value is -0.610. The number of rotatable bonds is 3. The second-order valence-electron chi connectivity index (χ2n) is 4.74. The molecule has 17 heavy (non-hydrogen) atoms. The Kier molecular flexibility index (Phi) is 2.87. The Balaban J connectivity index is 2.06. The SMILES string of the molecule is CC1CC1Cn1c(CCl)nc2cc(Br)cnc21. The minimum absolute atomic E-state index is 0.440. The third-order valence-electron chi connectivity index (χ3n) is 3.44. The van der Waals surface area contributed by atoms with Gasteiger partial charge in [-0.1, -0.05) is 6.92 Å². The first-order chi connectivity index (χ1) is 8.19. The highest BCUT2D eigenvalue weighted by Gasteiger charge is 2.33. The van der Waals surface area contributed by atoms with Crippen LogP contribution in [0.25, 0.3) is 11.2 Å². The van der Waals surface area contributed by atoms with Crippen molar-refractivity contribution in [1.29, 1.82) is 0 Å². The summed E-state index contributed by atoms with van der Waals surface area (Å²) in [6.07, 6.45) is 3.12. The summed E-state index contributed by atoms with van der Waals surface area (Å²) in [5.74, 6) is 2.95. The lowest BCUT2D eigenvalue weighted by molar-refractivity contribution is 0.588. The van der Waals surface area contributed by atoms with Crippen LogP contribution >= 0.6 is 27.5 Å². The van der Waals surface area contributed by atoms with Crippen LogP contribution in [0.15, 0.2) is 16.7 Å². The standard InChI is InChI=1S/C12H13BrClN3/c1-7-2-8(7)6-17-11(4-14)16-10-3-9(13)5-15-12(10)17/h3,5,7-8H,2,4,6H2,1H3. The van der Waals surface area contributed by atoms with Crippen LogP contribution in [0.2, 0.25) is 0 Å². The van der Waals surface area contributed by atoms with Crippen LogP contribution in [0, 0.1) is 11.8 Å². The van der Waals surface area contributed by atoms with Crippen LogP contribution in [0.1, 0.15) is 19.2 Å². The molecule has 2 heterocycles. The van der Waals surface area contributed by atoms with Gasteiger partial charge in [-0.15, -0.1) is 11.6 Å². The molecule has 3 rings (SSSR count). The maximum absolute atomic E-state index is 5.96. The highest BCUT2D eigenvalue weighted by atomic mass is 79.9. The number of aromatic nitrogens is 3. The van der Waals surface area contributed by atoms with Crippen LogP contribution in [0.4, 0.5) is 0 Å². The summed E-state index contributed by atoms with van der Waals surface area (Å²) in [5, 5.41) is 0. The van der Waals surface area contributed by atoms with Gasteiger partial charge in [-0.25, -0.2) is 9.97 Å². The molecule has 2 unspecified atom stereocenters. The molecule has 0 radical (unpaired) electrons. The van der Waals surface area contributed by atoms with E-state index >= 15 is 0 Å². The maximum atomic E-state index is 5.96. The number of halogens is 2. The third kappa shape index (κ3) is 2.08. The lowest BCUT2D eigenvalue weighted by Gasteiger charge is -2.05. The fourth-order valence-corrected chi connectivity index (χ4v) is 2.74. The van der Waals surface area contributed by atoms with E-state index in [1.54, 1.807) is 0 Å². The molecule has 3 nitrogen and oxygen atoms in total. The molecule has 2 aromatic heterocycles. The predicted molar refractivity (Wildman–Crippen MR) is 72.1 cm³/mol. The van der Waals surface area contributed by atoms with E-state index in [4.69, 9.17) is 11.6 Å². The van der Waals surface area contributed by atoms with Gasteiger partial charge < -0.3 is 4.57 Å². The number of pyridine rings is 1. The molecule has 0 aliphatic heterocycles. The Morgan fingerprint density at radius 2 is 2.35 bits per heavy atom. The fraction of sp³-hybridized carbons (Fsp3) is 0.500. The number of alkyl halides is 1. The summed E-state index contributed by atoms with van der Waals surface area (Å²) in [7, 11) is 0. The number of hydrogen-bond donors (Lipinski definition) is 0. The molecule has 0 aromatic carbocycles. The van der Waals surface area contributed by atoms with Gasteiger partial charge >= 0.3 is 0 Å². The molecule has 0 bridgehead atoms. The van der Waals surface area contributed by atoms with Gasteiger partial charge in [0.05, 0.1) is 5.88 Å². The molecular weight excluding hydrogens is 302 g/mol. The van der Waals surface area contributed by atoms with E-state index in [0.717, 1.165) is 39.8 Å². The van der Waals surface area contributed by atoms with E-state index in [-0.39, 0.29) is 0 Å². The smallest absolute Gasteiger partial charge is 0.160 e. The zero-order valence-electron chi connectivity index (χ0n) is 9.53. The van der Waals surface area contributed by atoms with E-state index in [2.05, 4.69) is 37.4 Å². The quantitative estimate of drug-likeness (QED) is 0.811. The molecular formula is C12H13BrClN3. The van der Waals surface area contributed by atoms with Gasteiger partial charge in [0.15, 0.2) is 5.65 Å². The topological polar surface area (TPSA) is 30.7 Å². The van der Waals surface area contributed by atoms with E-state index in [1.807, 2.05) is 12.3 Å². The first kappa shape index (κ1) is 11.5. The van der Waals surface area contributed by atoms with Crippen molar-refractivity contribution in [2.24, 2.45) is 11.8 Å². The first-order valence-corrected chi connectivity index (χ1v) is 7.08. The van der Waals surface area contributed by atoms with Gasteiger partial charge in [-0.3, -0.25) is 0 Å². The molecule has 2 aromatic rings. The van der Waals surface area contributed by atoms with Gasteiger partial charge in [0.25, 0.3) is 0 Å². The fourth-order valence-electron chi connectivity index (χ4n) is 2.22. The van der Waals surface area contributed by atoms with Crippen LogP contribution in [-0.2, 0) is 12.4 Å². The molecule has 1 aliphatic carbocycles. The summed E-state index contributed by atoms with van der Waals surface area (Å²) in [6.45, 7) is 3.28. The van der Waals surface area contributed by atoms with E-state index < -0.39 is 0 Å². The van der Waals surface area contributed by atoms with E-state index in [0.29, 0.717) is 5.88 Å². The van der Waals surface area contributed by atoms with Crippen molar-refractivity contribution < 1.29 is 0 Å². The molecule has 1 saturated carbocycles. The molecule has 0 saturated heterocycles. The molecule has 1 aliphatic rings. The number of imidazole rings is 1. The van der Waals surface area contributed by atoms with Crippen molar-refractivity contribution in [3.05, 3.63) is 22.6 Å². The van der Waals surface area contributed by atoms with Crippen molar-refractivity contribution >= 4 is 38.7 Å². The predicted octanol–water partition coefficient (Wildman–Crippen LogP) is 3.59. The molecule has 2 atom stereocenters. The molecule has 1 fully saturated rings. The number of fused-ring (bicyclic) bond motifs is 1. The average Bonchev–Trinajstić information content (AvgIpc) is 2.88. The van der Waals surface area contributed by atoms with Crippen molar-refractivity contribution in [3.63, 3.8) is 0 Å². The summed E-state index contributed by atoms with van der Waals surface area (Å²) in [6, 6.07) is 1.99. The van der Waals surface area contributed by atoms with Gasteiger partial charge in [-0.2, -0.15) is 0 Å². The summed E-state index contributed by atoms with van der Waals surface area (Å²) in [5.41, 5.74) is 1.87. The summed E-state index contributed by atoms with van der Waals surface area (Å²) < 4.78 is 3.12. The highest BCUT2D eigenvalue weighted by molar-refractivity contribution is 9.10. The second kappa shape index (κ2) is 4.25. The number of hydrogen-bond acceptors (Lipinski definition) is 2. The lowest BCUT2D eigenvalue weighted by Crippen LogP contribution is -2.05. The van der Waals surface area contributed by atoms with Crippen LogP contribution in [0.5, 0.6) is 0 Å². The normalized spacial score (nSPS) is 23.2. The molecule has 0 N–H and O–H groups in total. The Morgan fingerprint density at radius 3 is 3.00 bits per heavy atom. The minimum atomic E-state index is 0.440. The summed E-state index contributed by atoms with van der Waals surface area (Å²) >= 11 is 9.38. The van der Waals surface area contributed by atoms with Crippen LogP contribution in [0.3, 0.4) is 0 Å². The first-order valence-electron chi connectivity index (χ1n) is 5.75.